The van der Waals surface area contributed by atoms with E-state index in [9.17, 15) is 9.59 Å². The van der Waals surface area contributed by atoms with Crippen LogP contribution in [0.2, 0.25) is 0 Å². The van der Waals surface area contributed by atoms with Crippen LogP contribution in [0.15, 0.2) is 54.6 Å². The minimum absolute atomic E-state index is 0.00976. The summed E-state index contributed by atoms with van der Waals surface area (Å²) in [7, 11) is 0. The third-order valence-electron chi connectivity index (χ3n) is 5.32. The third kappa shape index (κ3) is 4.83. The van der Waals surface area contributed by atoms with Crippen LogP contribution in [-0.2, 0) is 25.6 Å². The number of ether oxygens (including phenoxy) is 2. The molecular weight excluding hydrogens is 368 g/mol. The average Bonchev–Trinajstić information content (AvgIpc) is 3.47. The van der Waals surface area contributed by atoms with Crippen LogP contribution in [0.1, 0.15) is 31.2 Å². The summed E-state index contributed by atoms with van der Waals surface area (Å²) in [5, 5.41) is 2.90. The maximum Gasteiger partial charge on any atom is 0.256 e. The van der Waals surface area contributed by atoms with Gasteiger partial charge in [-0.2, -0.15) is 0 Å². The molecule has 0 unspecified atom stereocenters. The van der Waals surface area contributed by atoms with Crippen molar-refractivity contribution in [1.82, 2.24) is 0 Å². The molecule has 6 nitrogen and oxygen atoms in total. The summed E-state index contributed by atoms with van der Waals surface area (Å²) in [6.45, 7) is 1.73. The standard InChI is InChI=1S/C23H26N2O4/c26-22(20-8-4-14-28-20)24-18-12-10-17(11-13-18)16-25(19-6-2-1-3-7-19)23(27)21-9-5-15-29-21/h1-3,6-7,10-13,20-21H,4-5,8-9,14-16H2,(H,24,26)/t20-,21+/m0/s1. The van der Waals surface area contributed by atoms with Gasteiger partial charge in [0.15, 0.2) is 0 Å². The highest BCUT2D eigenvalue weighted by molar-refractivity contribution is 5.97. The molecule has 0 bridgehead atoms. The fourth-order valence-electron chi connectivity index (χ4n) is 3.73. The Morgan fingerprint density at radius 3 is 2.17 bits per heavy atom. The molecule has 2 saturated heterocycles. The first-order chi connectivity index (χ1) is 14.2. The molecule has 2 heterocycles. The van der Waals surface area contributed by atoms with Crippen LogP contribution in [0.3, 0.4) is 0 Å². The van der Waals surface area contributed by atoms with Gasteiger partial charge in [-0.15, -0.1) is 0 Å². The maximum absolute atomic E-state index is 13.0. The second kappa shape index (κ2) is 9.20. The van der Waals surface area contributed by atoms with Crippen LogP contribution in [0.25, 0.3) is 0 Å². The lowest BCUT2D eigenvalue weighted by molar-refractivity contribution is -0.127. The Bertz CT molecular complexity index is 826. The van der Waals surface area contributed by atoms with Crippen molar-refractivity contribution >= 4 is 23.2 Å². The van der Waals surface area contributed by atoms with Crippen molar-refractivity contribution < 1.29 is 19.1 Å². The van der Waals surface area contributed by atoms with Gasteiger partial charge in [-0.05, 0) is 55.5 Å². The third-order valence-corrected chi connectivity index (χ3v) is 5.32. The van der Waals surface area contributed by atoms with Crippen LogP contribution < -0.4 is 10.2 Å². The molecule has 0 aliphatic carbocycles. The Morgan fingerprint density at radius 1 is 0.897 bits per heavy atom. The van der Waals surface area contributed by atoms with Gasteiger partial charge in [-0.3, -0.25) is 9.59 Å². The molecule has 2 atom stereocenters. The van der Waals surface area contributed by atoms with Gasteiger partial charge >= 0.3 is 0 Å². The number of benzene rings is 2. The van der Waals surface area contributed by atoms with Gasteiger partial charge in [0, 0.05) is 24.6 Å². The van der Waals surface area contributed by atoms with Crippen LogP contribution in [0.4, 0.5) is 11.4 Å². The number of hydrogen-bond donors (Lipinski definition) is 1. The Hall–Kier alpha value is -2.70. The van der Waals surface area contributed by atoms with Crippen molar-refractivity contribution in [2.45, 2.75) is 44.4 Å². The summed E-state index contributed by atoms with van der Waals surface area (Å²) in [4.78, 5) is 27.0. The minimum atomic E-state index is -0.375. The summed E-state index contributed by atoms with van der Waals surface area (Å²) in [6, 6.07) is 17.2. The molecule has 2 amide bonds. The van der Waals surface area contributed by atoms with E-state index in [1.807, 2.05) is 54.6 Å². The first kappa shape index (κ1) is 19.6. The average molecular weight is 394 g/mol. The van der Waals surface area contributed by atoms with Gasteiger partial charge in [-0.1, -0.05) is 30.3 Å². The predicted octanol–water partition coefficient (Wildman–Crippen LogP) is 3.52. The predicted molar refractivity (Wildman–Crippen MR) is 111 cm³/mol. The molecule has 2 fully saturated rings. The van der Waals surface area contributed by atoms with Gasteiger partial charge in [0.05, 0.1) is 6.54 Å². The number of amides is 2. The molecule has 29 heavy (non-hydrogen) atoms. The lowest BCUT2D eigenvalue weighted by atomic mass is 10.1. The zero-order valence-electron chi connectivity index (χ0n) is 16.4. The number of carbonyl (C=O) groups excluding carboxylic acids is 2. The van der Waals surface area contributed by atoms with Gasteiger partial charge in [-0.25, -0.2) is 0 Å². The Labute approximate surface area is 170 Å². The number of nitrogens with zero attached hydrogens (tertiary/aromatic N) is 1. The summed E-state index contributed by atoms with van der Waals surface area (Å²) < 4.78 is 11.0. The minimum Gasteiger partial charge on any atom is -0.368 e. The molecule has 0 aromatic heterocycles. The molecule has 152 valence electrons. The second-order valence-corrected chi connectivity index (χ2v) is 7.45. The van der Waals surface area contributed by atoms with E-state index in [2.05, 4.69) is 5.32 Å². The van der Waals surface area contributed by atoms with Crippen molar-refractivity contribution in [1.29, 1.82) is 0 Å². The number of hydrogen-bond acceptors (Lipinski definition) is 4. The number of carbonyl (C=O) groups is 2. The highest BCUT2D eigenvalue weighted by atomic mass is 16.5. The highest BCUT2D eigenvalue weighted by Gasteiger charge is 2.29. The number of anilines is 2. The molecule has 2 aromatic rings. The van der Waals surface area contributed by atoms with Crippen LogP contribution >= 0.6 is 0 Å². The van der Waals surface area contributed by atoms with Crippen LogP contribution in [-0.4, -0.2) is 37.2 Å². The topological polar surface area (TPSA) is 67.9 Å². The number of para-hydroxylation sites is 1. The van der Waals surface area contributed by atoms with Crippen LogP contribution in [0.5, 0.6) is 0 Å². The molecule has 6 heteroatoms. The number of rotatable bonds is 6. The van der Waals surface area contributed by atoms with E-state index in [-0.39, 0.29) is 24.0 Å². The zero-order chi connectivity index (χ0) is 20.1. The summed E-state index contributed by atoms with van der Waals surface area (Å²) in [5.74, 6) is -0.112. The van der Waals surface area contributed by atoms with Crippen molar-refractivity contribution in [3.63, 3.8) is 0 Å². The van der Waals surface area contributed by atoms with E-state index in [1.54, 1.807) is 4.90 Å². The van der Waals surface area contributed by atoms with Crippen molar-refractivity contribution in [2.24, 2.45) is 0 Å². The van der Waals surface area contributed by atoms with Gasteiger partial charge in [0.1, 0.15) is 12.2 Å². The lowest BCUT2D eigenvalue weighted by Gasteiger charge is -2.25. The molecule has 4 rings (SSSR count). The Kier molecular flexibility index (Phi) is 6.22. The molecule has 1 N–H and O–H groups in total. The normalized spacial score (nSPS) is 21.1. The zero-order valence-corrected chi connectivity index (χ0v) is 16.4. The molecule has 0 radical (unpaired) electrons. The summed E-state index contributed by atoms with van der Waals surface area (Å²) in [6.07, 6.45) is 2.63. The molecule has 0 saturated carbocycles. The number of nitrogens with one attached hydrogen (secondary N) is 1. The molecule has 2 aliphatic rings. The van der Waals surface area contributed by atoms with Gasteiger partial charge in [0.25, 0.3) is 11.8 Å². The molecule has 0 spiro atoms. The van der Waals surface area contributed by atoms with E-state index < -0.39 is 0 Å². The fraction of sp³-hybridized carbons (Fsp3) is 0.391. The highest BCUT2D eigenvalue weighted by Crippen LogP contribution is 2.23. The largest absolute Gasteiger partial charge is 0.368 e. The van der Waals surface area contributed by atoms with Crippen molar-refractivity contribution in [3.8, 4) is 0 Å². The molecular formula is C23H26N2O4. The van der Waals surface area contributed by atoms with E-state index in [4.69, 9.17) is 9.47 Å². The molecule has 2 aliphatic heterocycles. The van der Waals surface area contributed by atoms with Crippen molar-refractivity contribution in [2.75, 3.05) is 23.4 Å². The second-order valence-electron chi connectivity index (χ2n) is 7.45. The van der Waals surface area contributed by atoms with E-state index >= 15 is 0 Å². The fourth-order valence-corrected chi connectivity index (χ4v) is 3.73. The first-order valence-corrected chi connectivity index (χ1v) is 10.2. The van der Waals surface area contributed by atoms with E-state index in [0.717, 1.165) is 42.6 Å². The van der Waals surface area contributed by atoms with E-state index in [0.29, 0.717) is 19.8 Å². The van der Waals surface area contributed by atoms with E-state index in [1.165, 1.54) is 0 Å². The first-order valence-electron chi connectivity index (χ1n) is 10.2. The van der Waals surface area contributed by atoms with Crippen molar-refractivity contribution in [3.05, 3.63) is 60.2 Å². The van der Waals surface area contributed by atoms with Gasteiger partial charge in [0.2, 0.25) is 0 Å². The lowest BCUT2D eigenvalue weighted by Crippen LogP contribution is -2.38. The summed E-state index contributed by atoms with van der Waals surface area (Å²) >= 11 is 0. The smallest absolute Gasteiger partial charge is 0.256 e. The Morgan fingerprint density at radius 2 is 1.55 bits per heavy atom. The monoisotopic (exact) mass is 394 g/mol. The van der Waals surface area contributed by atoms with Crippen LogP contribution in [0, 0.1) is 0 Å². The summed E-state index contributed by atoms with van der Waals surface area (Å²) in [5.41, 5.74) is 2.56. The van der Waals surface area contributed by atoms with Gasteiger partial charge < -0.3 is 19.7 Å². The quantitative estimate of drug-likeness (QED) is 0.814. The Balaban J connectivity index is 1.45. The molecule has 2 aromatic carbocycles. The maximum atomic E-state index is 13.0. The SMILES string of the molecule is O=C(Nc1ccc(CN(C(=O)[C@H]2CCCO2)c2ccccc2)cc1)[C@@H]1CCCO1.